The van der Waals surface area contributed by atoms with Crippen molar-refractivity contribution in [2.24, 2.45) is 0 Å². The van der Waals surface area contributed by atoms with Gasteiger partial charge in [0.15, 0.2) is 5.78 Å². The SMILES string of the molecule is Cc1ccc2c(c1)N[C@@H](c1ccc(Cl)cc1)C1=C(C[C@H](c3ccccc3)CC1=O)N2. The van der Waals surface area contributed by atoms with Crippen molar-refractivity contribution < 1.29 is 4.79 Å². The number of carbonyl (C=O) groups excluding carboxylic acids is 1. The lowest BCUT2D eigenvalue weighted by Crippen LogP contribution is -2.26. The maximum Gasteiger partial charge on any atom is 0.163 e. The molecule has 0 bridgehead atoms. The zero-order valence-corrected chi connectivity index (χ0v) is 17.5. The van der Waals surface area contributed by atoms with Crippen LogP contribution in [0, 0.1) is 6.92 Å². The summed E-state index contributed by atoms with van der Waals surface area (Å²) in [5.74, 6) is 0.373. The number of hydrogen-bond donors (Lipinski definition) is 2. The van der Waals surface area contributed by atoms with Gasteiger partial charge in [-0.15, -0.1) is 0 Å². The number of hydrogen-bond acceptors (Lipinski definition) is 3. The number of Topliss-reactive ketones (excluding diaryl/α,β-unsaturated/α-hetero) is 1. The minimum atomic E-state index is -0.211. The van der Waals surface area contributed by atoms with E-state index >= 15 is 0 Å². The molecule has 5 rings (SSSR count). The van der Waals surface area contributed by atoms with Gasteiger partial charge < -0.3 is 10.6 Å². The van der Waals surface area contributed by atoms with Crippen molar-refractivity contribution in [2.75, 3.05) is 10.6 Å². The summed E-state index contributed by atoms with van der Waals surface area (Å²) < 4.78 is 0. The van der Waals surface area contributed by atoms with Crippen molar-refractivity contribution in [1.29, 1.82) is 0 Å². The molecule has 30 heavy (non-hydrogen) atoms. The number of allylic oxidation sites excluding steroid dienone is 1. The lowest BCUT2D eigenvalue weighted by molar-refractivity contribution is -0.116. The molecule has 2 aliphatic rings. The Hall–Kier alpha value is -3.04. The average molecular weight is 415 g/mol. The Labute approximate surface area is 181 Å². The molecule has 4 heteroatoms. The minimum Gasteiger partial charge on any atom is -0.372 e. The van der Waals surface area contributed by atoms with Crippen LogP contribution in [0.15, 0.2) is 84.1 Å². The first-order valence-electron chi connectivity index (χ1n) is 10.3. The van der Waals surface area contributed by atoms with E-state index in [0.717, 1.165) is 34.6 Å². The Balaban J connectivity index is 1.62. The van der Waals surface area contributed by atoms with Crippen molar-refractivity contribution in [3.05, 3.63) is 106 Å². The van der Waals surface area contributed by atoms with Gasteiger partial charge in [0.2, 0.25) is 0 Å². The summed E-state index contributed by atoms with van der Waals surface area (Å²) in [6.07, 6.45) is 1.33. The number of carbonyl (C=O) groups is 1. The predicted octanol–water partition coefficient (Wildman–Crippen LogP) is 6.63. The molecule has 150 valence electrons. The molecule has 2 atom stereocenters. The second kappa shape index (κ2) is 7.66. The topological polar surface area (TPSA) is 41.1 Å². The number of ketones is 1. The van der Waals surface area contributed by atoms with Gasteiger partial charge in [-0.1, -0.05) is 60.1 Å². The Bertz CT molecular complexity index is 1140. The summed E-state index contributed by atoms with van der Waals surface area (Å²) in [7, 11) is 0. The van der Waals surface area contributed by atoms with Crippen LogP contribution in [0.1, 0.15) is 41.5 Å². The average Bonchev–Trinajstić information content (AvgIpc) is 2.91. The molecule has 0 spiro atoms. The number of fused-ring (bicyclic) bond motifs is 1. The molecule has 2 N–H and O–H groups in total. The molecular formula is C26H23ClN2O. The standard InChI is InChI=1S/C26H23ClN2O/c1-16-7-12-21-22(13-16)29-26(18-8-10-20(27)11-9-18)25-23(28-21)14-19(15-24(25)30)17-5-3-2-4-6-17/h2-13,19,26,28-29H,14-15H2,1H3/t19-,26-/m0/s1. The number of aryl methyl sites for hydroxylation is 1. The lowest BCUT2D eigenvalue weighted by atomic mass is 9.78. The van der Waals surface area contributed by atoms with Gasteiger partial charge >= 0.3 is 0 Å². The van der Waals surface area contributed by atoms with Crippen LogP contribution in [0.3, 0.4) is 0 Å². The number of rotatable bonds is 2. The van der Waals surface area contributed by atoms with E-state index in [1.165, 1.54) is 11.1 Å². The zero-order chi connectivity index (χ0) is 20.7. The van der Waals surface area contributed by atoms with Gasteiger partial charge in [-0.25, -0.2) is 0 Å². The van der Waals surface area contributed by atoms with E-state index in [4.69, 9.17) is 11.6 Å². The second-order valence-corrected chi connectivity index (χ2v) is 8.57. The highest BCUT2D eigenvalue weighted by Gasteiger charge is 2.36. The Morgan fingerprint density at radius 2 is 1.63 bits per heavy atom. The Morgan fingerprint density at radius 3 is 2.40 bits per heavy atom. The van der Waals surface area contributed by atoms with Gasteiger partial charge in [-0.05, 0) is 60.2 Å². The van der Waals surface area contributed by atoms with Crippen molar-refractivity contribution in [2.45, 2.75) is 31.7 Å². The van der Waals surface area contributed by atoms with Gasteiger partial charge in [0.05, 0.1) is 17.4 Å². The number of nitrogens with one attached hydrogen (secondary N) is 2. The van der Waals surface area contributed by atoms with Crippen LogP contribution in [-0.2, 0) is 4.79 Å². The van der Waals surface area contributed by atoms with E-state index < -0.39 is 0 Å². The van der Waals surface area contributed by atoms with Crippen LogP contribution in [0.4, 0.5) is 11.4 Å². The van der Waals surface area contributed by atoms with Crippen LogP contribution in [0.5, 0.6) is 0 Å². The Morgan fingerprint density at radius 1 is 0.867 bits per heavy atom. The normalized spacial score (nSPS) is 20.5. The first-order chi connectivity index (χ1) is 14.6. The highest BCUT2D eigenvalue weighted by atomic mass is 35.5. The smallest absolute Gasteiger partial charge is 0.163 e. The third kappa shape index (κ3) is 3.50. The van der Waals surface area contributed by atoms with Crippen molar-refractivity contribution >= 4 is 28.8 Å². The van der Waals surface area contributed by atoms with Gasteiger partial charge in [0.25, 0.3) is 0 Å². The van der Waals surface area contributed by atoms with Gasteiger partial charge in [0, 0.05) is 22.7 Å². The monoisotopic (exact) mass is 414 g/mol. The maximum atomic E-state index is 13.5. The fourth-order valence-corrected chi connectivity index (χ4v) is 4.65. The van der Waals surface area contributed by atoms with Crippen LogP contribution in [0.2, 0.25) is 5.02 Å². The third-order valence-electron chi connectivity index (χ3n) is 6.03. The van der Waals surface area contributed by atoms with Crippen LogP contribution >= 0.6 is 11.6 Å². The van der Waals surface area contributed by atoms with Gasteiger partial charge in [0.1, 0.15) is 0 Å². The minimum absolute atomic E-state index is 0.183. The van der Waals surface area contributed by atoms with E-state index in [2.05, 4.69) is 47.9 Å². The van der Waals surface area contributed by atoms with Crippen molar-refractivity contribution in [1.82, 2.24) is 0 Å². The highest BCUT2D eigenvalue weighted by Crippen LogP contribution is 2.44. The summed E-state index contributed by atoms with van der Waals surface area (Å²) in [6.45, 7) is 2.08. The van der Waals surface area contributed by atoms with E-state index in [0.29, 0.717) is 11.4 Å². The molecule has 0 saturated heterocycles. The van der Waals surface area contributed by atoms with E-state index in [-0.39, 0.29) is 17.7 Å². The largest absolute Gasteiger partial charge is 0.372 e. The maximum absolute atomic E-state index is 13.5. The van der Waals surface area contributed by atoms with Crippen LogP contribution < -0.4 is 10.6 Å². The quantitative estimate of drug-likeness (QED) is 0.494. The summed E-state index contributed by atoms with van der Waals surface area (Å²) in [4.78, 5) is 13.5. The summed E-state index contributed by atoms with van der Waals surface area (Å²) in [5.41, 5.74) is 7.28. The molecule has 1 heterocycles. The number of anilines is 2. The van der Waals surface area contributed by atoms with Crippen LogP contribution in [-0.4, -0.2) is 5.78 Å². The molecule has 0 amide bonds. The molecule has 3 aromatic rings. The molecule has 0 saturated carbocycles. The van der Waals surface area contributed by atoms with Crippen molar-refractivity contribution in [3.8, 4) is 0 Å². The molecule has 1 aliphatic carbocycles. The summed E-state index contributed by atoms with van der Waals surface area (Å²) >= 11 is 6.13. The molecule has 0 aromatic heterocycles. The molecule has 0 fully saturated rings. The lowest BCUT2D eigenvalue weighted by Gasteiger charge is -2.30. The second-order valence-electron chi connectivity index (χ2n) is 8.13. The number of benzene rings is 3. The van der Waals surface area contributed by atoms with Crippen LogP contribution in [0.25, 0.3) is 0 Å². The summed E-state index contributed by atoms with van der Waals surface area (Å²) in [5, 5.41) is 7.93. The molecular weight excluding hydrogens is 392 g/mol. The van der Waals surface area contributed by atoms with Gasteiger partial charge in [-0.2, -0.15) is 0 Å². The predicted molar refractivity (Wildman–Crippen MR) is 123 cm³/mol. The number of halogens is 1. The highest BCUT2D eigenvalue weighted by molar-refractivity contribution is 6.30. The van der Waals surface area contributed by atoms with E-state index in [1.54, 1.807) is 0 Å². The fraction of sp³-hybridized carbons (Fsp3) is 0.192. The van der Waals surface area contributed by atoms with E-state index in [1.807, 2.05) is 42.5 Å². The third-order valence-corrected chi connectivity index (χ3v) is 6.28. The zero-order valence-electron chi connectivity index (χ0n) is 16.8. The molecule has 0 unspecified atom stereocenters. The van der Waals surface area contributed by atoms with E-state index in [9.17, 15) is 4.79 Å². The first-order valence-corrected chi connectivity index (χ1v) is 10.7. The molecule has 3 nitrogen and oxygen atoms in total. The fourth-order valence-electron chi connectivity index (χ4n) is 4.53. The summed E-state index contributed by atoms with van der Waals surface area (Å²) in [6, 6.07) is 24.2. The Kier molecular flexibility index (Phi) is 4.84. The first kappa shape index (κ1) is 19.0. The van der Waals surface area contributed by atoms with Gasteiger partial charge in [-0.3, -0.25) is 4.79 Å². The molecule has 1 aliphatic heterocycles. The molecule has 3 aromatic carbocycles. The molecule has 0 radical (unpaired) electrons. The van der Waals surface area contributed by atoms with Crippen molar-refractivity contribution in [3.63, 3.8) is 0 Å².